The fourth-order valence-electron chi connectivity index (χ4n) is 2.82. The molecule has 10 nitrogen and oxygen atoms in total. The number of H-pyrrole nitrogens is 1. The van der Waals surface area contributed by atoms with E-state index in [2.05, 4.69) is 4.98 Å². The third-order valence-electron chi connectivity index (χ3n) is 3.89. The number of fused-ring (bicyclic) bond motifs is 1. The Morgan fingerprint density at radius 3 is 2.54 bits per heavy atom. The lowest BCUT2D eigenvalue weighted by Gasteiger charge is -2.15. The van der Waals surface area contributed by atoms with Crippen LogP contribution < -0.4 is 17.0 Å². The number of hydrogen-bond acceptors (Lipinski definition) is 7. The van der Waals surface area contributed by atoms with Crippen molar-refractivity contribution in [1.82, 2.24) is 19.1 Å². The molecule has 0 spiro atoms. The lowest BCUT2D eigenvalue weighted by atomic mass is 10.1. The number of nitrogen functional groups attached to an aromatic ring is 1. The Hall–Kier alpha value is -2.45. The van der Waals surface area contributed by atoms with Crippen molar-refractivity contribution >= 4 is 17.1 Å². The highest BCUT2D eigenvalue weighted by Gasteiger charge is 2.47. The van der Waals surface area contributed by atoms with Crippen molar-refractivity contribution in [2.75, 3.05) is 12.3 Å². The molecule has 144 valence electrons. The molecule has 5 N–H and O–H groups in total. The first kappa shape index (κ1) is 18.3. The van der Waals surface area contributed by atoms with Crippen LogP contribution in [-0.4, -0.2) is 60.5 Å². The third-order valence-corrected chi connectivity index (χ3v) is 3.89. The van der Waals surface area contributed by atoms with Crippen LogP contribution in [0.4, 0.5) is 23.5 Å². The van der Waals surface area contributed by atoms with Gasteiger partial charge in [-0.2, -0.15) is 18.2 Å². The summed E-state index contributed by atoms with van der Waals surface area (Å²) in [6.07, 6.45) is -12.3. The average Bonchev–Trinajstić information content (AvgIpc) is 2.94. The van der Waals surface area contributed by atoms with Crippen molar-refractivity contribution in [2.24, 2.45) is 0 Å². The van der Waals surface area contributed by atoms with Crippen LogP contribution in [-0.2, 0) is 11.3 Å². The van der Waals surface area contributed by atoms with Gasteiger partial charge >= 0.3 is 11.9 Å². The number of ether oxygens (including phenoxy) is 1. The zero-order valence-corrected chi connectivity index (χ0v) is 12.8. The van der Waals surface area contributed by atoms with Gasteiger partial charge in [0.25, 0.3) is 5.56 Å². The molecule has 2 aromatic heterocycles. The molecule has 0 amide bonds. The molecule has 1 saturated heterocycles. The quantitative estimate of drug-likeness (QED) is 0.477. The number of nitrogens with one attached hydrogen (secondary N) is 1. The smallest absolute Gasteiger partial charge is 0.394 e. The van der Waals surface area contributed by atoms with E-state index >= 15 is 0 Å². The third kappa shape index (κ3) is 2.85. The number of hydrogen-bond donors (Lipinski definition) is 4. The first-order valence-electron chi connectivity index (χ1n) is 7.21. The number of imidazole rings is 1. The minimum atomic E-state index is -4.86. The molecular formula is C12H13F4N5O5. The van der Waals surface area contributed by atoms with Gasteiger partial charge in [-0.1, -0.05) is 0 Å². The molecule has 0 aromatic carbocycles. The minimum Gasteiger partial charge on any atom is -0.394 e. The summed E-state index contributed by atoms with van der Waals surface area (Å²) < 4.78 is 57.9. The maximum absolute atomic E-state index is 13.9. The van der Waals surface area contributed by atoms with Gasteiger partial charge in [-0.3, -0.25) is 14.3 Å². The molecule has 3 rings (SSSR count). The molecule has 1 aliphatic heterocycles. The molecule has 0 radical (unpaired) electrons. The van der Waals surface area contributed by atoms with E-state index in [9.17, 15) is 32.3 Å². The number of anilines is 1. The molecule has 1 fully saturated rings. The van der Waals surface area contributed by atoms with Crippen molar-refractivity contribution in [2.45, 2.75) is 37.3 Å². The van der Waals surface area contributed by atoms with Crippen molar-refractivity contribution < 1.29 is 32.5 Å². The maximum Gasteiger partial charge on any atom is 0.406 e. The SMILES string of the molecule is Nc1nc2c(c(=O)[nH]1)n(CC(F)(F)F)c(=O)n2[C@@H]1O[C@H](CO)[C@@H](F)[C@H]1O. The molecule has 26 heavy (non-hydrogen) atoms. The fraction of sp³-hybridized carbons (Fsp3) is 0.583. The highest BCUT2D eigenvalue weighted by Crippen LogP contribution is 2.32. The second kappa shape index (κ2) is 6.07. The standard InChI is InChI=1S/C12H13F4N5O5/c13-4-3(1-22)26-9(6(4)23)21-7-5(8(24)19-10(17)18-7)20(11(21)25)2-12(14,15)16/h3-4,6,9,22-23H,1-2H2,(H3,17,18,19,24)/t3-,4-,6-,9-/m1/s1. The molecule has 0 bridgehead atoms. The van der Waals surface area contributed by atoms with Crippen LogP contribution in [0.15, 0.2) is 9.59 Å². The molecule has 0 saturated carbocycles. The van der Waals surface area contributed by atoms with E-state index < -0.39 is 72.3 Å². The molecule has 4 atom stereocenters. The number of alkyl halides is 4. The second-order valence-electron chi connectivity index (χ2n) is 5.66. The zero-order chi connectivity index (χ0) is 19.4. The van der Waals surface area contributed by atoms with E-state index in [0.29, 0.717) is 4.57 Å². The van der Waals surface area contributed by atoms with Crippen LogP contribution in [0.2, 0.25) is 0 Å². The van der Waals surface area contributed by atoms with Crippen LogP contribution in [0.3, 0.4) is 0 Å². The first-order valence-corrected chi connectivity index (χ1v) is 7.21. The maximum atomic E-state index is 13.9. The first-order chi connectivity index (χ1) is 12.0. The van der Waals surface area contributed by atoms with E-state index in [1.807, 2.05) is 4.98 Å². The van der Waals surface area contributed by atoms with Gasteiger partial charge in [-0.05, 0) is 0 Å². The Morgan fingerprint density at radius 1 is 1.35 bits per heavy atom. The minimum absolute atomic E-state index is 0.0796. The van der Waals surface area contributed by atoms with Gasteiger partial charge in [0, 0.05) is 0 Å². The summed E-state index contributed by atoms with van der Waals surface area (Å²) in [4.78, 5) is 30.1. The summed E-state index contributed by atoms with van der Waals surface area (Å²) in [7, 11) is 0. The Bertz CT molecular complexity index is 950. The number of nitrogens with two attached hydrogens (primary N) is 1. The van der Waals surface area contributed by atoms with Crippen molar-refractivity contribution in [3.63, 3.8) is 0 Å². The van der Waals surface area contributed by atoms with E-state index in [1.165, 1.54) is 0 Å². The predicted molar refractivity (Wildman–Crippen MR) is 77.0 cm³/mol. The molecule has 3 heterocycles. The van der Waals surface area contributed by atoms with Crippen LogP contribution in [0.25, 0.3) is 11.2 Å². The second-order valence-corrected chi connectivity index (χ2v) is 5.66. The van der Waals surface area contributed by atoms with Gasteiger partial charge < -0.3 is 20.7 Å². The Labute approximate surface area is 140 Å². The van der Waals surface area contributed by atoms with Gasteiger partial charge in [-0.25, -0.2) is 13.8 Å². The summed E-state index contributed by atoms with van der Waals surface area (Å²) in [6, 6.07) is 0. The number of aromatic nitrogens is 4. The normalized spacial score (nSPS) is 26.7. The number of aromatic amines is 1. The summed E-state index contributed by atoms with van der Waals surface area (Å²) in [5.74, 6) is -0.511. The van der Waals surface area contributed by atoms with Crippen LogP contribution >= 0.6 is 0 Å². The topological polar surface area (TPSA) is 148 Å². The van der Waals surface area contributed by atoms with Gasteiger partial charge in [0.1, 0.15) is 18.8 Å². The van der Waals surface area contributed by atoms with Gasteiger partial charge in [0.2, 0.25) is 5.95 Å². The predicted octanol–water partition coefficient (Wildman–Crippen LogP) is -1.38. The highest BCUT2D eigenvalue weighted by atomic mass is 19.4. The Balaban J connectivity index is 2.28. The molecule has 0 aliphatic carbocycles. The van der Waals surface area contributed by atoms with Crippen LogP contribution in [0.1, 0.15) is 6.23 Å². The number of aliphatic hydroxyl groups excluding tert-OH is 2. The highest BCUT2D eigenvalue weighted by molar-refractivity contribution is 5.71. The van der Waals surface area contributed by atoms with E-state index in [4.69, 9.17) is 15.6 Å². The average molecular weight is 383 g/mol. The molecule has 0 unspecified atom stereocenters. The number of halogens is 4. The summed E-state index contributed by atoms with van der Waals surface area (Å²) in [5.41, 5.74) is 1.45. The number of aliphatic hydroxyl groups is 2. The fourth-order valence-corrected chi connectivity index (χ4v) is 2.82. The summed E-state index contributed by atoms with van der Waals surface area (Å²) >= 11 is 0. The van der Waals surface area contributed by atoms with Crippen molar-refractivity contribution in [3.05, 3.63) is 20.8 Å². The molecule has 2 aromatic rings. The number of rotatable bonds is 3. The van der Waals surface area contributed by atoms with Gasteiger partial charge in [-0.15, -0.1) is 0 Å². The zero-order valence-electron chi connectivity index (χ0n) is 12.8. The Kier molecular flexibility index (Phi) is 4.28. The summed E-state index contributed by atoms with van der Waals surface area (Å²) in [6.45, 7) is -2.67. The summed E-state index contributed by atoms with van der Waals surface area (Å²) in [5, 5.41) is 19.0. The van der Waals surface area contributed by atoms with Crippen LogP contribution in [0, 0.1) is 0 Å². The lowest BCUT2D eigenvalue weighted by Crippen LogP contribution is -2.36. The molecule has 14 heteroatoms. The van der Waals surface area contributed by atoms with Crippen LogP contribution in [0.5, 0.6) is 0 Å². The van der Waals surface area contributed by atoms with E-state index in [-0.39, 0.29) is 4.57 Å². The molecule has 1 aliphatic rings. The molecular weight excluding hydrogens is 370 g/mol. The lowest BCUT2D eigenvalue weighted by molar-refractivity contribution is -0.140. The van der Waals surface area contributed by atoms with Crippen molar-refractivity contribution in [1.29, 1.82) is 0 Å². The monoisotopic (exact) mass is 383 g/mol. The number of nitrogens with zero attached hydrogens (tertiary/aromatic N) is 3. The van der Waals surface area contributed by atoms with Crippen molar-refractivity contribution in [3.8, 4) is 0 Å². The van der Waals surface area contributed by atoms with Gasteiger partial charge in [0.05, 0.1) is 6.61 Å². The Morgan fingerprint density at radius 2 is 2.00 bits per heavy atom. The largest absolute Gasteiger partial charge is 0.406 e. The van der Waals surface area contributed by atoms with E-state index in [1.54, 1.807) is 0 Å². The van der Waals surface area contributed by atoms with Gasteiger partial charge in [0.15, 0.2) is 23.6 Å². The van der Waals surface area contributed by atoms with E-state index in [0.717, 1.165) is 0 Å².